The Bertz CT molecular complexity index is 928. The number of aryl methyl sites for hydroxylation is 2. The second-order valence-electron chi connectivity index (χ2n) is 22.4. The Kier molecular flexibility index (Phi) is 31.8. The zero-order chi connectivity index (χ0) is 45.0. The van der Waals surface area contributed by atoms with E-state index in [1.165, 1.54) is 161 Å². The maximum atomic E-state index is 3.93. The van der Waals surface area contributed by atoms with Crippen molar-refractivity contribution in [3.8, 4) is 0 Å². The van der Waals surface area contributed by atoms with Crippen LogP contribution in [0.1, 0.15) is 171 Å². The van der Waals surface area contributed by atoms with Crippen LogP contribution in [0.2, 0.25) is 0 Å². The molecule has 1 aromatic rings. The summed E-state index contributed by atoms with van der Waals surface area (Å²) in [6.07, 6.45) is 25.4. The summed E-state index contributed by atoms with van der Waals surface area (Å²) in [5, 5.41) is 7.36. The fraction of sp³-hybridized carbons (Fsp3) is 0.943. The second kappa shape index (κ2) is 33.5. The lowest BCUT2D eigenvalue weighted by Gasteiger charge is -2.33. The summed E-state index contributed by atoms with van der Waals surface area (Å²) in [6.45, 7) is 37.0. The molecule has 1 aromatic heterocycles. The van der Waals surface area contributed by atoms with Crippen molar-refractivity contribution < 1.29 is 0 Å². The van der Waals surface area contributed by atoms with Crippen molar-refractivity contribution in [1.29, 1.82) is 0 Å². The highest BCUT2D eigenvalue weighted by Gasteiger charge is 2.17. The number of nitrogens with zero attached hydrogens (tertiary/aromatic N) is 6. The Morgan fingerprint density at radius 1 is 0.417 bits per heavy atom. The van der Waals surface area contributed by atoms with Gasteiger partial charge in [-0.1, -0.05) is 114 Å². The Morgan fingerprint density at radius 2 is 0.800 bits per heavy atom. The van der Waals surface area contributed by atoms with Crippen LogP contribution in [0.25, 0.3) is 0 Å². The van der Waals surface area contributed by atoms with Gasteiger partial charge in [-0.3, -0.25) is 4.68 Å². The zero-order valence-corrected chi connectivity index (χ0v) is 43.6. The van der Waals surface area contributed by atoms with E-state index >= 15 is 0 Å². The van der Waals surface area contributed by atoms with Crippen molar-refractivity contribution in [2.24, 2.45) is 60.3 Å². The van der Waals surface area contributed by atoms with Crippen LogP contribution in [0.4, 0.5) is 0 Å². The molecule has 2 aliphatic carbocycles. The van der Waals surface area contributed by atoms with Crippen LogP contribution in [-0.2, 0) is 7.05 Å². The molecule has 7 heteroatoms. The molecule has 5 aliphatic heterocycles. The van der Waals surface area contributed by atoms with Gasteiger partial charge in [0.2, 0.25) is 0 Å². The van der Waals surface area contributed by atoms with Gasteiger partial charge in [0.1, 0.15) is 0 Å². The Morgan fingerprint density at radius 3 is 1.02 bits per heavy atom. The quantitative estimate of drug-likeness (QED) is 0.281. The number of likely N-dealkylation sites (tertiary alicyclic amines) is 4. The van der Waals surface area contributed by atoms with Crippen LogP contribution in [0.5, 0.6) is 0 Å². The van der Waals surface area contributed by atoms with Gasteiger partial charge in [-0.15, -0.1) is 0 Å². The van der Waals surface area contributed by atoms with E-state index in [-0.39, 0.29) is 0 Å². The molecule has 356 valence electrons. The Balaban J connectivity index is 0.000000343. The molecule has 0 spiro atoms. The molecule has 7 aliphatic rings. The number of piperidine rings is 3. The molecule has 0 bridgehead atoms. The molecule has 4 atom stereocenters. The van der Waals surface area contributed by atoms with Crippen LogP contribution >= 0.6 is 0 Å². The normalized spacial score (nSPS) is 31.6. The van der Waals surface area contributed by atoms with E-state index in [9.17, 15) is 0 Å². The van der Waals surface area contributed by atoms with Gasteiger partial charge in [-0.05, 0) is 179 Å². The molecule has 5 saturated heterocycles. The molecule has 0 aromatic carbocycles. The van der Waals surface area contributed by atoms with Crippen molar-refractivity contribution in [1.82, 2.24) is 34.7 Å². The topological polar surface area (TPSA) is 42.8 Å². The van der Waals surface area contributed by atoms with Crippen molar-refractivity contribution >= 4 is 0 Å². The SMILES string of the molecule is CC1CCC(C)CC1.CC1CCC(C)CC1.CC1CCC(C)NC1.CC1CCCN(C)C1.CC1CCN(C)C1.CC1CCN(C)CC1.CC1CN(C)C1.Cc1cnn(C)c1. The molecule has 0 amide bonds. The summed E-state index contributed by atoms with van der Waals surface area (Å²) < 4.78 is 1.79. The van der Waals surface area contributed by atoms with Crippen molar-refractivity contribution in [2.75, 3.05) is 87.1 Å². The first kappa shape index (κ1) is 57.0. The third kappa shape index (κ3) is 31.8. The molecular formula is C53H109N7. The van der Waals surface area contributed by atoms with Gasteiger partial charge in [0.25, 0.3) is 0 Å². The van der Waals surface area contributed by atoms with Gasteiger partial charge < -0.3 is 24.9 Å². The molecule has 7 fully saturated rings. The maximum absolute atomic E-state index is 3.93. The molecule has 7 nitrogen and oxygen atoms in total. The molecule has 2 saturated carbocycles. The van der Waals surface area contributed by atoms with Crippen molar-refractivity contribution in [3.63, 3.8) is 0 Å². The molecule has 4 unspecified atom stereocenters. The molecule has 60 heavy (non-hydrogen) atoms. The minimum Gasteiger partial charge on any atom is -0.314 e. The highest BCUT2D eigenvalue weighted by atomic mass is 15.2. The van der Waals surface area contributed by atoms with Gasteiger partial charge in [-0.2, -0.15) is 5.10 Å². The molecule has 0 radical (unpaired) electrons. The fourth-order valence-electron chi connectivity index (χ4n) is 9.27. The van der Waals surface area contributed by atoms with Crippen LogP contribution in [0.3, 0.4) is 0 Å². The van der Waals surface area contributed by atoms with E-state index in [1.807, 2.05) is 26.4 Å². The molecular weight excluding hydrogens is 735 g/mol. The van der Waals surface area contributed by atoms with E-state index < -0.39 is 0 Å². The van der Waals surface area contributed by atoms with E-state index in [0.717, 1.165) is 59.3 Å². The Labute approximate surface area is 377 Å². The predicted octanol–water partition coefficient (Wildman–Crippen LogP) is 12.0. The maximum Gasteiger partial charge on any atom is 0.0518 e. The summed E-state index contributed by atoms with van der Waals surface area (Å²) >= 11 is 0. The van der Waals surface area contributed by atoms with Gasteiger partial charge in [0, 0.05) is 45.5 Å². The molecule has 1 N–H and O–H groups in total. The number of hydrogen-bond acceptors (Lipinski definition) is 6. The average molecular weight is 845 g/mol. The van der Waals surface area contributed by atoms with Gasteiger partial charge in [0.05, 0.1) is 6.20 Å². The van der Waals surface area contributed by atoms with Gasteiger partial charge >= 0.3 is 0 Å². The molecule has 6 heterocycles. The van der Waals surface area contributed by atoms with Crippen LogP contribution in [0.15, 0.2) is 12.4 Å². The van der Waals surface area contributed by atoms with E-state index in [4.69, 9.17) is 0 Å². The lowest BCUT2D eigenvalue weighted by Crippen LogP contribution is -2.41. The predicted molar refractivity (Wildman–Crippen MR) is 267 cm³/mol. The standard InChI is InChI=1S/2C8H16.3C7H15N.C6H13N.C5H8N2.C5H11N/c3*1-7-3-5-8(2)6-4-7;1-6-3-4-7(2)8-5-6;1-7-4-3-5-8(2)6-7;1-6-3-4-7(2)5-6;1-5-3-6-7(2)4-5;1-5-3-6(2)4-5/h2*7-8H,3-6H2,1-2H3;7H,3-6H2,1-2H3;6-8H,3-5H2,1-2H3;7H,3-6H2,1-2H3;6H,3-5H2,1-2H3;3-4H,1-2H3;5H,3-4H2,1-2H3. The lowest BCUT2D eigenvalue weighted by atomic mass is 9.84. The highest BCUT2D eigenvalue weighted by Crippen LogP contribution is 2.28. The van der Waals surface area contributed by atoms with Gasteiger partial charge in [0.15, 0.2) is 0 Å². The third-order valence-electron chi connectivity index (χ3n) is 14.1. The minimum atomic E-state index is 0.770. The van der Waals surface area contributed by atoms with Crippen molar-refractivity contribution in [3.05, 3.63) is 18.0 Å². The van der Waals surface area contributed by atoms with E-state index in [2.05, 4.69) is 127 Å². The van der Waals surface area contributed by atoms with E-state index in [0.29, 0.717) is 0 Å². The zero-order valence-electron chi connectivity index (χ0n) is 43.6. The smallest absolute Gasteiger partial charge is 0.0518 e. The second-order valence-corrected chi connectivity index (χ2v) is 22.4. The largest absolute Gasteiger partial charge is 0.314 e. The monoisotopic (exact) mass is 844 g/mol. The van der Waals surface area contributed by atoms with Crippen LogP contribution < -0.4 is 5.32 Å². The Hall–Kier alpha value is -0.990. The third-order valence-corrected chi connectivity index (χ3v) is 14.1. The van der Waals surface area contributed by atoms with Crippen molar-refractivity contribution in [2.45, 2.75) is 179 Å². The number of nitrogens with one attached hydrogen (secondary N) is 1. The lowest BCUT2D eigenvalue weighted by molar-refractivity contribution is 0.149. The first-order chi connectivity index (χ1) is 28.3. The summed E-state index contributed by atoms with van der Waals surface area (Å²) in [7, 11) is 10.7. The number of hydrogen-bond donors (Lipinski definition) is 1. The van der Waals surface area contributed by atoms with Gasteiger partial charge in [-0.25, -0.2) is 0 Å². The average Bonchev–Trinajstić information content (AvgIpc) is 3.78. The highest BCUT2D eigenvalue weighted by molar-refractivity contribution is 4.98. The first-order valence-corrected chi connectivity index (χ1v) is 25.7. The summed E-state index contributed by atoms with van der Waals surface area (Å²) in [5.74, 6) is 8.82. The fourth-order valence-corrected chi connectivity index (χ4v) is 9.27. The summed E-state index contributed by atoms with van der Waals surface area (Å²) in [4.78, 5) is 9.52. The first-order valence-electron chi connectivity index (χ1n) is 25.7. The summed E-state index contributed by atoms with van der Waals surface area (Å²) in [6, 6.07) is 0.770. The molecule has 8 rings (SSSR count). The summed E-state index contributed by atoms with van der Waals surface area (Å²) in [5.41, 5.74) is 1.21. The number of rotatable bonds is 0. The van der Waals surface area contributed by atoms with E-state index in [1.54, 1.807) is 4.68 Å². The minimum absolute atomic E-state index is 0.770. The number of aromatic nitrogens is 2. The van der Waals surface area contributed by atoms with Crippen LogP contribution in [0, 0.1) is 60.2 Å². The van der Waals surface area contributed by atoms with Crippen LogP contribution in [-0.4, -0.2) is 123 Å².